The highest BCUT2D eigenvalue weighted by atomic mass is 35.5. The number of ether oxygens (including phenoxy) is 1. The SMILES string of the molecule is COCCCN(Cc1c(C)nn(-c2ccccc2)c1N1CCN(C)CC1)C(=O)c1ccccc1Cl. The second-order valence-corrected chi connectivity index (χ2v) is 9.39. The number of amides is 1. The van der Waals surface area contributed by atoms with E-state index in [9.17, 15) is 4.79 Å². The van der Waals surface area contributed by atoms with Gasteiger partial charge in [-0.05, 0) is 44.7 Å². The zero-order valence-electron chi connectivity index (χ0n) is 20.8. The molecule has 0 unspecified atom stereocenters. The van der Waals surface area contributed by atoms with Crippen LogP contribution in [0.5, 0.6) is 0 Å². The first kappa shape index (κ1) is 25.2. The highest BCUT2D eigenvalue weighted by Crippen LogP contribution is 2.30. The van der Waals surface area contributed by atoms with E-state index >= 15 is 0 Å². The number of likely N-dealkylation sites (N-methyl/N-ethyl adjacent to an activating group) is 1. The first-order valence-electron chi connectivity index (χ1n) is 12.1. The van der Waals surface area contributed by atoms with E-state index in [1.165, 1.54) is 0 Å². The number of hydrogen-bond donors (Lipinski definition) is 0. The van der Waals surface area contributed by atoms with E-state index in [0.29, 0.717) is 30.3 Å². The molecule has 7 nitrogen and oxygen atoms in total. The number of rotatable bonds is 9. The van der Waals surface area contributed by atoms with Gasteiger partial charge in [0.05, 0.1) is 28.5 Å². The Morgan fingerprint density at radius 2 is 1.74 bits per heavy atom. The van der Waals surface area contributed by atoms with Crippen LogP contribution < -0.4 is 4.90 Å². The summed E-state index contributed by atoms with van der Waals surface area (Å²) in [5, 5.41) is 5.41. The Morgan fingerprint density at radius 1 is 1.06 bits per heavy atom. The second-order valence-electron chi connectivity index (χ2n) is 8.98. The molecule has 1 aliphatic heterocycles. The zero-order valence-corrected chi connectivity index (χ0v) is 21.5. The maximum Gasteiger partial charge on any atom is 0.255 e. The van der Waals surface area contributed by atoms with Crippen molar-refractivity contribution in [3.63, 3.8) is 0 Å². The van der Waals surface area contributed by atoms with E-state index in [0.717, 1.165) is 55.4 Å². The summed E-state index contributed by atoms with van der Waals surface area (Å²) in [7, 11) is 3.83. The van der Waals surface area contributed by atoms with Crippen LogP contribution >= 0.6 is 11.6 Å². The fourth-order valence-corrected chi connectivity index (χ4v) is 4.69. The molecule has 0 aliphatic carbocycles. The van der Waals surface area contributed by atoms with Gasteiger partial charge >= 0.3 is 0 Å². The Kier molecular flexibility index (Phi) is 8.44. The fourth-order valence-electron chi connectivity index (χ4n) is 4.47. The van der Waals surface area contributed by atoms with Crippen LogP contribution in [0.25, 0.3) is 5.69 Å². The molecule has 4 rings (SSSR count). The normalized spacial score (nSPS) is 14.3. The highest BCUT2D eigenvalue weighted by Gasteiger charge is 2.28. The number of aryl methyl sites for hydroxylation is 1. The van der Waals surface area contributed by atoms with Crippen LogP contribution in [-0.4, -0.2) is 79.0 Å². The Bertz CT molecular complexity index is 1130. The summed E-state index contributed by atoms with van der Waals surface area (Å²) < 4.78 is 7.30. The summed E-state index contributed by atoms with van der Waals surface area (Å²) in [4.78, 5) is 20.2. The molecule has 2 heterocycles. The molecular weight excluding hydrogens is 462 g/mol. The molecule has 35 heavy (non-hydrogen) atoms. The Balaban J connectivity index is 1.73. The van der Waals surface area contributed by atoms with Crippen LogP contribution in [0.4, 0.5) is 5.82 Å². The van der Waals surface area contributed by atoms with E-state index in [2.05, 4.69) is 29.0 Å². The van der Waals surface area contributed by atoms with Crippen LogP contribution in [0.1, 0.15) is 28.0 Å². The number of piperazine rings is 1. The minimum atomic E-state index is -0.0807. The van der Waals surface area contributed by atoms with Crippen LogP contribution in [0.2, 0.25) is 5.02 Å². The number of anilines is 1. The number of benzene rings is 2. The number of halogens is 1. The van der Waals surface area contributed by atoms with Gasteiger partial charge in [-0.2, -0.15) is 5.10 Å². The molecule has 2 aromatic carbocycles. The number of carbonyl (C=O) groups is 1. The van der Waals surface area contributed by atoms with Gasteiger partial charge in [-0.15, -0.1) is 0 Å². The smallest absolute Gasteiger partial charge is 0.255 e. The Labute approximate surface area is 212 Å². The van der Waals surface area contributed by atoms with Crippen molar-refractivity contribution in [3.05, 3.63) is 76.4 Å². The highest BCUT2D eigenvalue weighted by molar-refractivity contribution is 6.33. The minimum absolute atomic E-state index is 0.0807. The molecule has 0 saturated carbocycles. The van der Waals surface area contributed by atoms with Crippen molar-refractivity contribution in [3.8, 4) is 5.69 Å². The van der Waals surface area contributed by atoms with Gasteiger partial charge in [0.15, 0.2) is 0 Å². The summed E-state index contributed by atoms with van der Waals surface area (Å²) in [6.07, 6.45) is 0.738. The van der Waals surface area contributed by atoms with Crippen LogP contribution in [0.15, 0.2) is 54.6 Å². The van der Waals surface area contributed by atoms with Gasteiger partial charge in [0.2, 0.25) is 0 Å². The molecule has 1 aromatic heterocycles. The Morgan fingerprint density at radius 3 is 2.43 bits per heavy atom. The molecule has 8 heteroatoms. The number of aromatic nitrogens is 2. The molecule has 0 radical (unpaired) electrons. The Hall–Kier alpha value is -2.87. The lowest BCUT2D eigenvalue weighted by Gasteiger charge is -2.35. The van der Waals surface area contributed by atoms with Crippen molar-refractivity contribution in [1.82, 2.24) is 19.6 Å². The van der Waals surface area contributed by atoms with Gasteiger partial charge in [-0.1, -0.05) is 41.9 Å². The maximum absolute atomic E-state index is 13.6. The van der Waals surface area contributed by atoms with Crippen LogP contribution in [0, 0.1) is 6.92 Å². The van der Waals surface area contributed by atoms with Gasteiger partial charge in [0.25, 0.3) is 5.91 Å². The summed E-state index contributed by atoms with van der Waals surface area (Å²) in [6.45, 7) is 7.40. The average Bonchev–Trinajstić information content (AvgIpc) is 3.20. The lowest BCUT2D eigenvalue weighted by molar-refractivity contribution is 0.0724. The third kappa shape index (κ3) is 5.86. The lowest BCUT2D eigenvalue weighted by atomic mass is 10.1. The van der Waals surface area contributed by atoms with Gasteiger partial charge in [0, 0.05) is 52.0 Å². The quantitative estimate of drug-likeness (QED) is 0.415. The predicted molar refractivity (Wildman–Crippen MR) is 141 cm³/mol. The van der Waals surface area contributed by atoms with E-state index in [4.69, 9.17) is 21.4 Å². The first-order chi connectivity index (χ1) is 17.0. The molecular formula is C27H34ClN5O2. The van der Waals surface area contributed by atoms with E-state index in [1.54, 1.807) is 19.2 Å². The molecule has 0 spiro atoms. The molecule has 3 aromatic rings. The van der Waals surface area contributed by atoms with Crippen molar-refractivity contribution in [2.75, 3.05) is 58.4 Å². The number of nitrogens with zero attached hydrogens (tertiary/aromatic N) is 5. The zero-order chi connectivity index (χ0) is 24.8. The number of hydrogen-bond acceptors (Lipinski definition) is 5. The summed E-state index contributed by atoms with van der Waals surface area (Å²) in [6, 6.07) is 17.4. The van der Waals surface area contributed by atoms with Gasteiger partial charge in [-0.25, -0.2) is 4.68 Å². The van der Waals surface area contributed by atoms with Crippen molar-refractivity contribution < 1.29 is 9.53 Å². The lowest BCUT2D eigenvalue weighted by Crippen LogP contribution is -2.45. The molecule has 1 saturated heterocycles. The topological polar surface area (TPSA) is 53.8 Å². The third-order valence-corrected chi connectivity index (χ3v) is 6.81. The van der Waals surface area contributed by atoms with Crippen LogP contribution in [-0.2, 0) is 11.3 Å². The summed E-state index contributed by atoms with van der Waals surface area (Å²) in [5.74, 6) is 0.980. The molecule has 0 N–H and O–H groups in total. The predicted octanol–water partition coefficient (Wildman–Crippen LogP) is 4.26. The largest absolute Gasteiger partial charge is 0.385 e. The second kappa shape index (κ2) is 11.7. The third-order valence-electron chi connectivity index (χ3n) is 6.48. The van der Waals surface area contributed by atoms with Crippen LogP contribution in [0.3, 0.4) is 0 Å². The summed E-state index contributed by atoms with van der Waals surface area (Å²) >= 11 is 6.41. The molecule has 0 bridgehead atoms. The van der Waals surface area contributed by atoms with Gasteiger partial charge < -0.3 is 19.4 Å². The van der Waals surface area contributed by atoms with E-state index < -0.39 is 0 Å². The fraction of sp³-hybridized carbons (Fsp3) is 0.407. The van der Waals surface area contributed by atoms with Crippen molar-refractivity contribution >= 4 is 23.3 Å². The van der Waals surface area contributed by atoms with Gasteiger partial charge in [0.1, 0.15) is 5.82 Å². The van der Waals surface area contributed by atoms with Crippen molar-refractivity contribution in [2.45, 2.75) is 19.9 Å². The van der Waals surface area contributed by atoms with E-state index in [-0.39, 0.29) is 5.91 Å². The molecule has 1 amide bonds. The van der Waals surface area contributed by atoms with Crippen molar-refractivity contribution in [1.29, 1.82) is 0 Å². The minimum Gasteiger partial charge on any atom is -0.385 e. The standard InChI is InChI=1S/C27H34ClN5O2/c1-21-24(20-32(14-9-19-35-3)27(34)23-12-7-8-13-25(23)28)26(31-17-15-30(2)16-18-31)33(29-21)22-10-5-4-6-11-22/h4-8,10-13H,9,14-20H2,1-3H3. The number of para-hydroxylation sites is 1. The molecule has 1 aliphatic rings. The molecule has 0 atom stereocenters. The van der Waals surface area contributed by atoms with Gasteiger partial charge in [-0.3, -0.25) is 4.79 Å². The first-order valence-corrected chi connectivity index (χ1v) is 12.5. The van der Waals surface area contributed by atoms with E-state index in [1.807, 2.05) is 46.8 Å². The molecule has 186 valence electrons. The number of methoxy groups -OCH3 is 1. The van der Waals surface area contributed by atoms with Crippen molar-refractivity contribution in [2.24, 2.45) is 0 Å². The molecule has 1 fully saturated rings. The summed E-state index contributed by atoms with van der Waals surface area (Å²) in [5.41, 5.74) is 3.52. The monoisotopic (exact) mass is 495 g/mol. The maximum atomic E-state index is 13.6. The average molecular weight is 496 g/mol. The number of carbonyl (C=O) groups excluding carboxylic acids is 1.